The summed E-state index contributed by atoms with van der Waals surface area (Å²) in [5.74, 6) is -0.395. The van der Waals surface area contributed by atoms with Gasteiger partial charge in [0.2, 0.25) is 0 Å². The van der Waals surface area contributed by atoms with Gasteiger partial charge in [-0.15, -0.1) is 0 Å². The minimum atomic E-state index is -3.36. The number of nitrogens with zero attached hydrogens (tertiary/aromatic N) is 2. The van der Waals surface area contributed by atoms with Crippen LogP contribution in [0.15, 0.2) is 57.2 Å². The van der Waals surface area contributed by atoms with Crippen LogP contribution in [0.25, 0.3) is 10.2 Å². The second-order valence-electron chi connectivity index (χ2n) is 7.03. The zero-order valence-corrected chi connectivity index (χ0v) is 19.7. The molecule has 0 unspecified atom stereocenters. The highest BCUT2D eigenvalue weighted by Gasteiger charge is 2.13. The first-order chi connectivity index (χ1) is 14.5. The molecule has 0 spiro atoms. The number of thiazole rings is 1. The number of carbonyl (C=O) groups excluding carboxylic acids is 1. The molecule has 0 saturated heterocycles. The number of aromatic nitrogens is 1. The second-order valence-corrected chi connectivity index (χ2v) is 12.1. The van der Waals surface area contributed by atoms with E-state index in [1.165, 1.54) is 29.5 Å². The van der Waals surface area contributed by atoms with E-state index in [1.807, 2.05) is 4.57 Å². The molecule has 0 N–H and O–H groups in total. The molecule has 0 aliphatic carbocycles. The van der Waals surface area contributed by atoms with Crippen LogP contribution in [-0.2, 0) is 42.2 Å². The van der Waals surface area contributed by atoms with Crippen molar-refractivity contribution in [2.45, 2.75) is 22.8 Å². The molecule has 0 aliphatic heterocycles. The van der Waals surface area contributed by atoms with Gasteiger partial charge in [0.1, 0.15) is 0 Å². The van der Waals surface area contributed by atoms with Gasteiger partial charge in [0.15, 0.2) is 24.5 Å². The van der Waals surface area contributed by atoms with Crippen molar-refractivity contribution < 1.29 is 26.4 Å². The maximum Gasteiger partial charge on any atom is 0.252 e. The molecule has 1 heterocycles. The molecule has 2 aromatic carbocycles. The molecular formula is C20H22N2O6S3. The molecule has 1 aromatic heterocycles. The molecule has 0 saturated carbocycles. The summed E-state index contributed by atoms with van der Waals surface area (Å²) in [4.78, 5) is 17.6. The average Bonchev–Trinajstić information content (AvgIpc) is 3.01. The predicted octanol–water partition coefficient (Wildman–Crippen LogP) is 1.83. The molecule has 11 heteroatoms. The predicted molar refractivity (Wildman–Crippen MR) is 119 cm³/mol. The number of rotatable bonds is 7. The van der Waals surface area contributed by atoms with Crippen molar-refractivity contribution in [1.82, 2.24) is 4.57 Å². The third-order valence-corrected chi connectivity index (χ3v) is 7.81. The molecule has 3 rings (SSSR count). The van der Waals surface area contributed by atoms with E-state index in [0.29, 0.717) is 28.2 Å². The van der Waals surface area contributed by atoms with Crippen LogP contribution >= 0.6 is 11.3 Å². The maximum atomic E-state index is 12.6. The Bertz CT molecular complexity index is 1400. The monoisotopic (exact) mass is 482 g/mol. The van der Waals surface area contributed by atoms with Crippen molar-refractivity contribution in [2.24, 2.45) is 4.99 Å². The molecule has 0 atom stereocenters. The number of hydrogen-bond donors (Lipinski definition) is 0. The van der Waals surface area contributed by atoms with Gasteiger partial charge in [-0.2, -0.15) is 4.99 Å². The minimum absolute atomic E-state index is 0.0111. The third kappa shape index (κ3) is 5.67. The van der Waals surface area contributed by atoms with Gasteiger partial charge in [0, 0.05) is 26.2 Å². The molecule has 0 aliphatic rings. The first-order valence-corrected chi connectivity index (χ1v) is 13.8. The highest BCUT2D eigenvalue weighted by molar-refractivity contribution is 7.91. The molecular weight excluding hydrogens is 460 g/mol. The van der Waals surface area contributed by atoms with Crippen LogP contribution < -0.4 is 4.80 Å². The van der Waals surface area contributed by atoms with Crippen LogP contribution in [0.5, 0.6) is 0 Å². The summed E-state index contributed by atoms with van der Waals surface area (Å²) in [5, 5.41) is 0. The van der Waals surface area contributed by atoms with E-state index in [-0.39, 0.29) is 16.2 Å². The Morgan fingerprint density at radius 1 is 1.00 bits per heavy atom. The lowest BCUT2D eigenvalue weighted by Gasteiger charge is -2.05. The normalized spacial score (nSPS) is 13.1. The fraction of sp³-hybridized carbons (Fsp3) is 0.300. The van der Waals surface area contributed by atoms with Crippen LogP contribution in [0, 0.1) is 0 Å². The number of sulfone groups is 2. The number of benzene rings is 2. The topological polar surface area (TPSA) is 112 Å². The highest BCUT2D eigenvalue weighted by atomic mass is 32.2. The van der Waals surface area contributed by atoms with Crippen LogP contribution in [0.3, 0.4) is 0 Å². The quantitative estimate of drug-likeness (QED) is 0.508. The molecule has 31 heavy (non-hydrogen) atoms. The summed E-state index contributed by atoms with van der Waals surface area (Å²) in [6, 6.07) is 10.9. The largest absolute Gasteiger partial charge is 0.383 e. The second kappa shape index (κ2) is 9.03. The molecule has 3 aromatic rings. The van der Waals surface area contributed by atoms with Gasteiger partial charge in [0.05, 0.1) is 33.0 Å². The van der Waals surface area contributed by atoms with Crippen molar-refractivity contribution in [1.29, 1.82) is 0 Å². The fourth-order valence-electron chi connectivity index (χ4n) is 2.94. The van der Waals surface area contributed by atoms with E-state index < -0.39 is 25.6 Å². The number of fused-ring (bicyclic) bond motifs is 1. The lowest BCUT2D eigenvalue weighted by Crippen LogP contribution is -2.19. The fourth-order valence-corrected chi connectivity index (χ4v) is 5.41. The number of ether oxygens (including phenoxy) is 1. The smallest absolute Gasteiger partial charge is 0.252 e. The van der Waals surface area contributed by atoms with Crippen LogP contribution in [0.2, 0.25) is 0 Å². The van der Waals surface area contributed by atoms with Crippen molar-refractivity contribution in [3.05, 3.63) is 52.8 Å². The Morgan fingerprint density at radius 3 is 2.19 bits per heavy atom. The summed E-state index contributed by atoms with van der Waals surface area (Å²) in [6.07, 6.45) is 2.28. The summed E-state index contributed by atoms with van der Waals surface area (Å²) in [7, 11) is -5.10. The Labute approximate surface area is 184 Å². The van der Waals surface area contributed by atoms with E-state index >= 15 is 0 Å². The Balaban J connectivity index is 1.98. The van der Waals surface area contributed by atoms with Crippen molar-refractivity contribution in [3.8, 4) is 0 Å². The SMILES string of the molecule is COCCn1c(=NC(=O)Cc2ccc(S(C)(=O)=O)cc2)sc2cc(S(C)(=O)=O)ccc21. The third-order valence-electron chi connectivity index (χ3n) is 4.53. The van der Waals surface area contributed by atoms with E-state index in [9.17, 15) is 21.6 Å². The lowest BCUT2D eigenvalue weighted by molar-refractivity contribution is -0.117. The van der Waals surface area contributed by atoms with Crippen molar-refractivity contribution in [2.75, 3.05) is 26.2 Å². The highest BCUT2D eigenvalue weighted by Crippen LogP contribution is 2.22. The van der Waals surface area contributed by atoms with E-state index in [4.69, 9.17) is 4.74 Å². The van der Waals surface area contributed by atoms with E-state index in [2.05, 4.69) is 4.99 Å². The van der Waals surface area contributed by atoms with Gasteiger partial charge < -0.3 is 9.30 Å². The first kappa shape index (κ1) is 23.3. The lowest BCUT2D eigenvalue weighted by atomic mass is 10.1. The van der Waals surface area contributed by atoms with Crippen LogP contribution in [0.4, 0.5) is 0 Å². The molecule has 0 bridgehead atoms. The Kier molecular flexibility index (Phi) is 6.79. The van der Waals surface area contributed by atoms with Gasteiger partial charge in [-0.1, -0.05) is 23.5 Å². The summed E-state index contributed by atoms with van der Waals surface area (Å²) < 4.78 is 54.5. The summed E-state index contributed by atoms with van der Waals surface area (Å²) in [6.45, 7) is 0.845. The van der Waals surface area contributed by atoms with E-state index in [1.54, 1.807) is 31.4 Å². The van der Waals surface area contributed by atoms with Crippen molar-refractivity contribution >= 4 is 47.1 Å². The number of hydrogen-bond acceptors (Lipinski definition) is 7. The minimum Gasteiger partial charge on any atom is -0.383 e. The van der Waals surface area contributed by atoms with Crippen LogP contribution in [0.1, 0.15) is 5.56 Å². The number of amides is 1. The summed E-state index contributed by atoms with van der Waals surface area (Å²) >= 11 is 1.23. The zero-order valence-electron chi connectivity index (χ0n) is 17.2. The van der Waals surface area contributed by atoms with Gasteiger partial charge in [-0.05, 0) is 35.9 Å². The number of methoxy groups -OCH3 is 1. The average molecular weight is 483 g/mol. The van der Waals surface area contributed by atoms with E-state index in [0.717, 1.165) is 18.0 Å². The molecule has 0 fully saturated rings. The first-order valence-electron chi connectivity index (χ1n) is 9.18. The Morgan fingerprint density at radius 2 is 1.61 bits per heavy atom. The Hall–Kier alpha value is -2.34. The summed E-state index contributed by atoms with van der Waals surface area (Å²) in [5.41, 5.74) is 1.41. The number of carbonyl (C=O) groups is 1. The standard InChI is InChI=1S/C20H22N2O6S3/c1-28-11-10-22-17-9-8-16(31(3,26)27)13-18(17)29-20(22)21-19(23)12-14-4-6-15(7-5-14)30(2,24)25/h4-9,13H,10-12H2,1-3H3. The van der Waals surface area contributed by atoms with Crippen molar-refractivity contribution in [3.63, 3.8) is 0 Å². The molecule has 0 radical (unpaired) electrons. The van der Waals surface area contributed by atoms with Gasteiger partial charge in [0.25, 0.3) is 5.91 Å². The van der Waals surface area contributed by atoms with Crippen LogP contribution in [-0.4, -0.2) is 53.5 Å². The maximum absolute atomic E-state index is 12.6. The molecule has 8 nitrogen and oxygen atoms in total. The molecule has 166 valence electrons. The van der Waals surface area contributed by atoms with Gasteiger partial charge in [-0.3, -0.25) is 4.79 Å². The van der Waals surface area contributed by atoms with Gasteiger partial charge in [-0.25, -0.2) is 16.8 Å². The van der Waals surface area contributed by atoms with Gasteiger partial charge >= 0.3 is 0 Å². The zero-order chi connectivity index (χ0) is 22.8. The molecule has 1 amide bonds.